The largest absolute Gasteiger partial charge is 0.378 e. The molecule has 0 amide bonds. The summed E-state index contributed by atoms with van der Waals surface area (Å²) < 4.78 is 33.2. The van der Waals surface area contributed by atoms with Gasteiger partial charge in [0.25, 0.3) is 0 Å². The van der Waals surface area contributed by atoms with Crippen LogP contribution >= 0.6 is 0 Å². The molecule has 152 valence electrons. The maximum atomic E-state index is 12.6. The lowest BCUT2D eigenvalue weighted by atomic mass is 10.3. The molecule has 1 saturated heterocycles. The highest BCUT2D eigenvalue weighted by atomic mass is 32.2. The van der Waals surface area contributed by atoms with Gasteiger partial charge in [0.15, 0.2) is 0 Å². The van der Waals surface area contributed by atoms with Gasteiger partial charge in [-0.05, 0) is 31.2 Å². The van der Waals surface area contributed by atoms with Gasteiger partial charge in [-0.25, -0.2) is 18.1 Å². The third-order valence-electron chi connectivity index (χ3n) is 4.66. The number of hydrogen-bond acceptors (Lipinski definition) is 7. The molecule has 4 rings (SSSR count). The summed E-state index contributed by atoms with van der Waals surface area (Å²) in [6, 6.07) is 12.7. The van der Waals surface area contributed by atoms with Crippen molar-refractivity contribution in [2.45, 2.75) is 18.4 Å². The molecular weight excluding hydrogens is 392 g/mol. The molecule has 1 N–H and O–H groups in total. The highest BCUT2D eigenvalue weighted by molar-refractivity contribution is 7.89. The van der Waals surface area contributed by atoms with Crippen LogP contribution in [0.1, 0.15) is 11.4 Å². The highest BCUT2D eigenvalue weighted by Crippen LogP contribution is 2.16. The molecule has 0 saturated carbocycles. The molecule has 2 aromatic heterocycles. The minimum atomic E-state index is -3.71. The van der Waals surface area contributed by atoms with Gasteiger partial charge in [0.2, 0.25) is 10.0 Å². The average Bonchev–Trinajstić information content (AvgIpc) is 3.14. The minimum Gasteiger partial charge on any atom is -0.378 e. The Labute approximate surface area is 169 Å². The molecule has 1 aromatic carbocycles. The Bertz CT molecular complexity index is 1060. The van der Waals surface area contributed by atoms with Crippen LogP contribution in [0.5, 0.6) is 0 Å². The van der Waals surface area contributed by atoms with E-state index in [0.717, 1.165) is 24.6 Å². The molecule has 0 unspecified atom stereocenters. The van der Waals surface area contributed by atoms with Crippen molar-refractivity contribution in [1.82, 2.24) is 24.7 Å². The summed E-state index contributed by atoms with van der Waals surface area (Å²) in [5.74, 6) is 0.744. The van der Waals surface area contributed by atoms with Crippen molar-refractivity contribution in [2.24, 2.45) is 0 Å². The minimum absolute atomic E-state index is 0.0478. The predicted molar refractivity (Wildman–Crippen MR) is 107 cm³/mol. The van der Waals surface area contributed by atoms with Gasteiger partial charge in [-0.2, -0.15) is 15.0 Å². The second kappa shape index (κ2) is 8.27. The zero-order chi connectivity index (χ0) is 20.3. The lowest BCUT2D eigenvalue weighted by molar-refractivity contribution is 0.122. The highest BCUT2D eigenvalue weighted by Gasteiger charge is 2.18. The Balaban J connectivity index is 1.44. The van der Waals surface area contributed by atoms with E-state index in [2.05, 4.69) is 24.8 Å². The number of aryl methyl sites for hydroxylation is 1. The van der Waals surface area contributed by atoms with E-state index in [1.807, 2.05) is 30.3 Å². The Hall–Kier alpha value is -2.82. The first-order chi connectivity index (χ1) is 14.0. The first kappa shape index (κ1) is 19.5. The molecule has 0 spiro atoms. The topological polar surface area (TPSA) is 102 Å². The van der Waals surface area contributed by atoms with Crippen molar-refractivity contribution in [2.75, 3.05) is 31.2 Å². The quantitative estimate of drug-likeness (QED) is 0.648. The molecule has 0 bridgehead atoms. The zero-order valence-corrected chi connectivity index (χ0v) is 16.8. The maximum absolute atomic E-state index is 12.6. The van der Waals surface area contributed by atoms with E-state index in [4.69, 9.17) is 4.74 Å². The molecule has 0 atom stereocenters. The molecule has 1 fully saturated rings. The SMILES string of the molecule is Cc1nn(-c2ccccc2)nc1CNS(=O)(=O)c1ccc(N2CCOCC2)nc1. The standard InChI is InChI=1S/C19H22N6O3S/c1-15-18(23-25(22-15)16-5-3-2-4-6-16)14-21-29(26,27)17-7-8-19(20-13-17)24-9-11-28-12-10-24/h2-8,13,21H,9-12,14H2,1H3. The molecule has 29 heavy (non-hydrogen) atoms. The maximum Gasteiger partial charge on any atom is 0.242 e. The molecular formula is C19H22N6O3S. The number of ether oxygens (including phenoxy) is 1. The molecule has 9 nitrogen and oxygen atoms in total. The normalized spacial score (nSPS) is 14.9. The number of pyridine rings is 1. The molecule has 1 aliphatic heterocycles. The van der Waals surface area contributed by atoms with Crippen LogP contribution in [-0.2, 0) is 21.3 Å². The van der Waals surface area contributed by atoms with Crippen molar-refractivity contribution in [1.29, 1.82) is 0 Å². The van der Waals surface area contributed by atoms with Crippen LogP contribution in [0.3, 0.4) is 0 Å². The van der Waals surface area contributed by atoms with Crippen LogP contribution in [0.4, 0.5) is 5.82 Å². The first-order valence-electron chi connectivity index (χ1n) is 9.29. The fourth-order valence-corrected chi connectivity index (χ4v) is 3.94. The Morgan fingerprint density at radius 1 is 1.07 bits per heavy atom. The molecule has 1 aliphatic rings. The van der Waals surface area contributed by atoms with Crippen LogP contribution in [0, 0.1) is 6.92 Å². The predicted octanol–water partition coefficient (Wildman–Crippen LogP) is 1.29. The van der Waals surface area contributed by atoms with Crippen LogP contribution in [0.15, 0.2) is 53.6 Å². The number of sulfonamides is 1. The number of nitrogens with one attached hydrogen (secondary N) is 1. The monoisotopic (exact) mass is 414 g/mol. The third kappa shape index (κ3) is 4.44. The van der Waals surface area contributed by atoms with Crippen LogP contribution in [0.25, 0.3) is 5.69 Å². The number of anilines is 1. The molecule has 3 aromatic rings. The fourth-order valence-electron chi connectivity index (χ4n) is 3.01. The van der Waals surface area contributed by atoms with E-state index in [0.29, 0.717) is 24.6 Å². The van der Waals surface area contributed by atoms with Crippen molar-refractivity contribution in [3.05, 3.63) is 60.0 Å². The van der Waals surface area contributed by atoms with Crippen LogP contribution in [-0.4, -0.2) is 54.7 Å². The van der Waals surface area contributed by atoms with Crippen LogP contribution in [0.2, 0.25) is 0 Å². The Kier molecular flexibility index (Phi) is 5.56. The fraction of sp³-hybridized carbons (Fsp3) is 0.316. The van der Waals surface area contributed by atoms with Gasteiger partial charge in [-0.15, -0.1) is 0 Å². The van der Waals surface area contributed by atoms with Gasteiger partial charge in [-0.3, -0.25) is 0 Å². The second-order valence-corrected chi connectivity index (χ2v) is 8.40. The summed E-state index contributed by atoms with van der Waals surface area (Å²) in [5, 5.41) is 8.76. The Morgan fingerprint density at radius 2 is 1.83 bits per heavy atom. The van der Waals surface area contributed by atoms with E-state index < -0.39 is 10.0 Å². The summed E-state index contributed by atoms with van der Waals surface area (Å²) in [4.78, 5) is 7.98. The number of para-hydroxylation sites is 1. The molecule has 10 heteroatoms. The average molecular weight is 414 g/mol. The lowest BCUT2D eigenvalue weighted by Gasteiger charge is -2.27. The number of nitrogens with zero attached hydrogens (tertiary/aromatic N) is 5. The van der Waals surface area contributed by atoms with Crippen molar-refractivity contribution < 1.29 is 13.2 Å². The number of benzene rings is 1. The molecule has 0 aliphatic carbocycles. The summed E-state index contributed by atoms with van der Waals surface area (Å²) >= 11 is 0. The van der Waals surface area contributed by atoms with Gasteiger partial charge in [-0.1, -0.05) is 18.2 Å². The van der Waals surface area contributed by atoms with E-state index in [1.165, 1.54) is 11.0 Å². The van der Waals surface area contributed by atoms with E-state index >= 15 is 0 Å². The van der Waals surface area contributed by atoms with Crippen molar-refractivity contribution in [3.63, 3.8) is 0 Å². The van der Waals surface area contributed by atoms with Gasteiger partial charge in [0.1, 0.15) is 16.4 Å². The summed E-state index contributed by atoms with van der Waals surface area (Å²) in [5.41, 5.74) is 2.04. The number of aromatic nitrogens is 4. The number of hydrogen-bond donors (Lipinski definition) is 1. The molecule has 0 radical (unpaired) electrons. The van der Waals surface area contributed by atoms with E-state index in [-0.39, 0.29) is 11.4 Å². The zero-order valence-electron chi connectivity index (χ0n) is 16.0. The number of rotatable bonds is 6. The van der Waals surface area contributed by atoms with Gasteiger partial charge >= 0.3 is 0 Å². The van der Waals surface area contributed by atoms with Crippen molar-refractivity contribution >= 4 is 15.8 Å². The van der Waals surface area contributed by atoms with E-state index in [9.17, 15) is 8.42 Å². The summed E-state index contributed by atoms with van der Waals surface area (Å²) in [6.45, 7) is 4.63. The second-order valence-electron chi connectivity index (χ2n) is 6.63. The van der Waals surface area contributed by atoms with E-state index in [1.54, 1.807) is 19.1 Å². The smallest absolute Gasteiger partial charge is 0.242 e. The lowest BCUT2D eigenvalue weighted by Crippen LogP contribution is -2.36. The summed E-state index contributed by atoms with van der Waals surface area (Å²) in [6.07, 6.45) is 1.38. The number of morpholine rings is 1. The Morgan fingerprint density at radius 3 is 2.52 bits per heavy atom. The van der Waals surface area contributed by atoms with Gasteiger partial charge in [0, 0.05) is 19.3 Å². The van der Waals surface area contributed by atoms with Crippen LogP contribution < -0.4 is 9.62 Å². The van der Waals surface area contributed by atoms with Crippen molar-refractivity contribution in [3.8, 4) is 5.69 Å². The summed E-state index contributed by atoms with van der Waals surface area (Å²) in [7, 11) is -3.71. The van der Waals surface area contributed by atoms with Gasteiger partial charge < -0.3 is 9.64 Å². The van der Waals surface area contributed by atoms with Gasteiger partial charge in [0.05, 0.1) is 31.1 Å². The first-order valence-corrected chi connectivity index (χ1v) is 10.8. The third-order valence-corrected chi connectivity index (χ3v) is 6.05. The molecule has 3 heterocycles.